The van der Waals surface area contributed by atoms with Crippen LogP contribution in [0.4, 0.5) is 0 Å². The molecule has 0 heterocycles. The van der Waals surface area contributed by atoms with Gasteiger partial charge in [-0.05, 0) is 23.7 Å². The summed E-state index contributed by atoms with van der Waals surface area (Å²) in [7, 11) is 0.189. The van der Waals surface area contributed by atoms with Crippen molar-refractivity contribution in [3.8, 4) is 17.2 Å². The maximum Gasteiger partial charge on any atom is 0.139 e. The first-order chi connectivity index (χ1) is 7.98. The summed E-state index contributed by atoms with van der Waals surface area (Å²) in [5.74, 6) is 3.74. The molecule has 0 fully saturated rings. The van der Waals surface area contributed by atoms with Gasteiger partial charge in [0.1, 0.15) is 19.9 Å². The molecule has 1 atom stereocenters. The average Bonchev–Trinajstić information content (AvgIpc) is 2.36. The maximum absolute atomic E-state index is 9.95. The second kappa shape index (κ2) is 5.90. The van der Waals surface area contributed by atoms with Crippen molar-refractivity contribution in [1.29, 1.82) is 0 Å². The van der Waals surface area contributed by atoms with E-state index >= 15 is 0 Å². The van der Waals surface area contributed by atoms with Gasteiger partial charge in [-0.25, -0.2) is 0 Å². The molecule has 0 amide bonds. The molecular formula is C14H20O2Si. The van der Waals surface area contributed by atoms with Crippen LogP contribution in [-0.2, 0) is 0 Å². The first-order valence-electron chi connectivity index (χ1n) is 5.83. The zero-order valence-corrected chi connectivity index (χ0v) is 11.9. The van der Waals surface area contributed by atoms with Gasteiger partial charge in [-0.1, -0.05) is 38.1 Å². The number of benzene rings is 1. The molecule has 17 heavy (non-hydrogen) atoms. The first-order valence-corrected chi connectivity index (χ1v) is 9.04. The van der Waals surface area contributed by atoms with E-state index in [4.69, 9.17) is 4.74 Å². The highest BCUT2D eigenvalue weighted by molar-refractivity contribution is 6.85. The van der Waals surface area contributed by atoms with E-state index in [2.05, 4.69) is 31.5 Å². The number of rotatable bonds is 3. The van der Waals surface area contributed by atoms with E-state index in [9.17, 15) is 5.11 Å². The predicted molar refractivity (Wildman–Crippen MR) is 73.7 cm³/mol. The Bertz CT molecular complexity index is 412. The Kier molecular flexibility index (Phi) is 4.80. The number of aliphatic hydroxyl groups excluding tert-OH is 1. The number of ether oxygens (including phenoxy) is 1. The summed E-state index contributed by atoms with van der Waals surface area (Å²) < 4.78 is 5.07. The molecule has 1 unspecified atom stereocenters. The van der Waals surface area contributed by atoms with E-state index in [-0.39, 0.29) is 0 Å². The van der Waals surface area contributed by atoms with Crippen LogP contribution in [0, 0.1) is 11.5 Å². The SMILES string of the molecule is CC[Si](C)(C)C#CC(O)c1ccc(OC)cc1. The Balaban J connectivity index is 2.79. The van der Waals surface area contributed by atoms with Crippen molar-refractivity contribution < 1.29 is 9.84 Å². The van der Waals surface area contributed by atoms with Crippen LogP contribution in [0.15, 0.2) is 24.3 Å². The van der Waals surface area contributed by atoms with Crippen LogP contribution >= 0.6 is 0 Å². The van der Waals surface area contributed by atoms with Crippen molar-refractivity contribution >= 4 is 8.07 Å². The lowest BCUT2D eigenvalue weighted by Crippen LogP contribution is -2.21. The van der Waals surface area contributed by atoms with Crippen LogP contribution in [-0.4, -0.2) is 20.3 Å². The van der Waals surface area contributed by atoms with Gasteiger partial charge in [0.25, 0.3) is 0 Å². The molecule has 0 radical (unpaired) electrons. The summed E-state index contributed by atoms with van der Waals surface area (Å²) in [6, 6.07) is 8.47. The molecule has 92 valence electrons. The molecule has 3 heteroatoms. The third-order valence-corrected chi connectivity index (χ3v) is 5.45. The van der Waals surface area contributed by atoms with Crippen molar-refractivity contribution in [3.05, 3.63) is 29.8 Å². The Morgan fingerprint density at radius 1 is 1.29 bits per heavy atom. The van der Waals surface area contributed by atoms with Gasteiger partial charge in [-0.2, -0.15) is 0 Å². The summed E-state index contributed by atoms with van der Waals surface area (Å²) in [4.78, 5) is 0. The van der Waals surface area contributed by atoms with Crippen LogP contribution < -0.4 is 4.74 Å². The molecule has 1 N–H and O–H groups in total. The summed E-state index contributed by atoms with van der Waals surface area (Å²) in [6.45, 7) is 6.57. The van der Waals surface area contributed by atoms with Gasteiger partial charge in [0.2, 0.25) is 0 Å². The van der Waals surface area contributed by atoms with E-state index in [1.165, 1.54) is 0 Å². The van der Waals surface area contributed by atoms with E-state index in [1.807, 2.05) is 24.3 Å². The van der Waals surface area contributed by atoms with E-state index in [1.54, 1.807) is 7.11 Å². The highest BCUT2D eigenvalue weighted by Crippen LogP contribution is 2.17. The van der Waals surface area contributed by atoms with Crippen molar-refractivity contribution in [2.24, 2.45) is 0 Å². The fourth-order valence-corrected chi connectivity index (χ4v) is 1.93. The Hall–Kier alpha value is -1.24. The molecule has 2 nitrogen and oxygen atoms in total. The number of methoxy groups -OCH3 is 1. The maximum atomic E-state index is 9.95. The topological polar surface area (TPSA) is 29.5 Å². The molecule has 1 rings (SSSR count). The second-order valence-electron chi connectivity index (χ2n) is 4.68. The fraction of sp³-hybridized carbons (Fsp3) is 0.429. The predicted octanol–water partition coefficient (Wildman–Crippen LogP) is 3.00. The molecule has 0 saturated heterocycles. The summed E-state index contributed by atoms with van der Waals surface area (Å²) >= 11 is 0. The summed E-state index contributed by atoms with van der Waals surface area (Å²) in [5.41, 5.74) is 4.06. The smallest absolute Gasteiger partial charge is 0.139 e. The van der Waals surface area contributed by atoms with Gasteiger partial charge in [-0.3, -0.25) is 0 Å². The van der Waals surface area contributed by atoms with Gasteiger partial charge in [-0.15, -0.1) is 5.54 Å². The molecule has 0 saturated carbocycles. The summed E-state index contributed by atoms with van der Waals surface area (Å²) in [5, 5.41) is 9.95. The largest absolute Gasteiger partial charge is 0.497 e. The standard InChI is InChI=1S/C14H20O2Si/c1-5-17(3,4)11-10-14(15)12-6-8-13(16-2)9-7-12/h6-9,14-15H,5H2,1-4H3. The van der Waals surface area contributed by atoms with E-state index in [0.29, 0.717) is 0 Å². The van der Waals surface area contributed by atoms with Gasteiger partial charge < -0.3 is 9.84 Å². The minimum absolute atomic E-state index is 0.695. The van der Waals surface area contributed by atoms with Crippen LogP contribution in [0.1, 0.15) is 18.6 Å². The molecule has 0 spiro atoms. The van der Waals surface area contributed by atoms with Crippen molar-refractivity contribution in [1.82, 2.24) is 0 Å². The molecule has 0 aliphatic rings. The quantitative estimate of drug-likeness (QED) is 0.658. The molecule has 0 aliphatic heterocycles. The monoisotopic (exact) mass is 248 g/mol. The highest BCUT2D eigenvalue weighted by atomic mass is 28.3. The third kappa shape index (κ3) is 4.26. The second-order valence-corrected chi connectivity index (χ2v) is 9.41. The van der Waals surface area contributed by atoms with Gasteiger partial charge in [0.15, 0.2) is 0 Å². The number of aliphatic hydroxyl groups is 1. The van der Waals surface area contributed by atoms with Crippen LogP contribution in [0.5, 0.6) is 5.75 Å². The molecular weight excluding hydrogens is 228 g/mol. The van der Waals surface area contributed by atoms with E-state index in [0.717, 1.165) is 17.4 Å². The minimum Gasteiger partial charge on any atom is -0.497 e. The normalized spacial score (nSPS) is 12.5. The highest BCUT2D eigenvalue weighted by Gasteiger charge is 2.14. The first kappa shape index (κ1) is 13.8. The minimum atomic E-state index is -1.44. The molecule has 1 aromatic rings. The van der Waals surface area contributed by atoms with Crippen molar-refractivity contribution in [3.63, 3.8) is 0 Å². The zero-order chi connectivity index (χ0) is 12.9. The summed E-state index contributed by atoms with van der Waals surface area (Å²) in [6.07, 6.45) is -0.695. The fourth-order valence-electron chi connectivity index (χ4n) is 1.22. The van der Waals surface area contributed by atoms with Gasteiger partial charge >= 0.3 is 0 Å². The molecule has 0 bridgehead atoms. The zero-order valence-electron chi connectivity index (χ0n) is 10.9. The van der Waals surface area contributed by atoms with Crippen LogP contribution in [0.2, 0.25) is 19.1 Å². The van der Waals surface area contributed by atoms with Gasteiger partial charge in [0.05, 0.1) is 7.11 Å². The van der Waals surface area contributed by atoms with Crippen LogP contribution in [0.25, 0.3) is 0 Å². The van der Waals surface area contributed by atoms with E-state index < -0.39 is 14.2 Å². The molecule has 0 aliphatic carbocycles. The lowest BCUT2D eigenvalue weighted by molar-refractivity contribution is 0.238. The average molecular weight is 248 g/mol. The van der Waals surface area contributed by atoms with Crippen molar-refractivity contribution in [2.45, 2.75) is 32.2 Å². The van der Waals surface area contributed by atoms with Crippen molar-refractivity contribution in [2.75, 3.05) is 7.11 Å². The Morgan fingerprint density at radius 3 is 2.35 bits per heavy atom. The van der Waals surface area contributed by atoms with Crippen LogP contribution in [0.3, 0.4) is 0 Å². The lowest BCUT2D eigenvalue weighted by atomic mass is 10.1. The Labute approximate surface area is 105 Å². The molecule has 0 aromatic heterocycles. The number of hydrogen-bond donors (Lipinski definition) is 1. The lowest BCUT2D eigenvalue weighted by Gasteiger charge is -2.11. The van der Waals surface area contributed by atoms with Gasteiger partial charge in [0, 0.05) is 0 Å². The molecule has 1 aromatic carbocycles. The Morgan fingerprint density at radius 2 is 1.88 bits per heavy atom. The third-order valence-electron chi connectivity index (χ3n) is 2.86. The number of hydrogen-bond acceptors (Lipinski definition) is 2.